The molecular formula is C20H16N2OS. The largest absolute Gasteiger partial charge is 0.339 e. The molecule has 118 valence electrons. The number of aromatic nitrogens is 1. The molecule has 3 nitrogen and oxygen atoms in total. The summed E-state index contributed by atoms with van der Waals surface area (Å²) < 4.78 is 3.06. The topological polar surface area (TPSA) is 34.0 Å². The number of anilines is 1. The Morgan fingerprint density at radius 2 is 1.75 bits per heavy atom. The second kappa shape index (κ2) is 5.98. The molecule has 0 spiro atoms. The highest BCUT2D eigenvalue weighted by molar-refractivity contribution is 7.17. The van der Waals surface area contributed by atoms with Gasteiger partial charge >= 0.3 is 0 Å². The summed E-state index contributed by atoms with van der Waals surface area (Å²) in [7, 11) is 1.92. The fraction of sp³-hybridized carbons (Fsp3) is 0.0500. The lowest BCUT2D eigenvalue weighted by molar-refractivity contribution is 0.102. The minimum absolute atomic E-state index is 0.0933. The quantitative estimate of drug-likeness (QED) is 0.552. The summed E-state index contributed by atoms with van der Waals surface area (Å²) in [5.41, 5.74) is 4.67. The maximum Gasteiger partial charge on any atom is 0.272 e. The van der Waals surface area contributed by atoms with Crippen molar-refractivity contribution in [3.05, 3.63) is 77.8 Å². The van der Waals surface area contributed by atoms with E-state index in [1.165, 1.54) is 0 Å². The maximum absolute atomic E-state index is 12.8. The minimum atomic E-state index is -0.0933. The molecule has 2 aromatic carbocycles. The Bertz CT molecular complexity index is 1010. The van der Waals surface area contributed by atoms with Crippen molar-refractivity contribution in [3.63, 3.8) is 0 Å². The van der Waals surface area contributed by atoms with Crippen LogP contribution in [0.15, 0.2) is 72.1 Å². The Balaban J connectivity index is 1.70. The van der Waals surface area contributed by atoms with Gasteiger partial charge in [-0.25, -0.2) is 0 Å². The van der Waals surface area contributed by atoms with E-state index < -0.39 is 0 Å². The number of carbonyl (C=O) groups is 1. The van der Waals surface area contributed by atoms with Crippen LogP contribution in [0.5, 0.6) is 0 Å². The first-order valence-corrected chi connectivity index (χ1v) is 8.61. The predicted molar refractivity (Wildman–Crippen MR) is 101 cm³/mol. The minimum Gasteiger partial charge on any atom is -0.339 e. The number of para-hydroxylation sites is 1. The number of rotatable bonds is 3. The standard InChI is InChI=1S/C20H16N2OS/c1-22-17-11-12-24-19(17)13-18(22)20(23)21-16-10-6-5-9-15(16)14-7-3-2-4-8-14/h2-13H,1H3,(H,21,23). The number of amides is 1. The van der Waals surface area contributed by atoms with Gasteiger partial charge in [-0.3, -0.25) is 4.79 Å². The van der Waals surface area contributed by atoms with E-state index in [1.54, 1.807) is 11.3 Å². The van der Waals surface area contributed by atoms with E-state index in [1.807, 2.05) is 83.7 Å². The summed E-state index contributed by atoms with van der Waals surface area (Å²) in [5.74, 6) is -0.0933. The van der Waals surface area contributed by atoms with Gasteiger partial charge in [-0.05, 0) is 29.1 Å². The van der Waals surface area contributed by atoms with Crippen LogP contribution < -0.4 is 5.32 Å². The van der Waals surface area contributed by atoms with Crippen LogP contribution >= 0.6 is 11.3 Å². The summed E-state index contributed by atoms with van der Waals surface area (Å²) in [6.45, 7) is 0. The molecule has 0 aliphatic carbocycles. The fourth-order valence-corrected chi connectivity index (χ4v) is 3.76. The Hall–Kier alpha value is -2.85. The number of hydrogen-bond donors (Lipinski definition) is 1. The molecule has 0 saturated carbocycles. The molecule has 4 heteroatoms. The molecule has 0 bridgehead atoms. The zero-order valence-electron chi connectivity index (χ0n) is 13.2. The summed E-state index contributed by atoms with van der Waals surface area (Å²) in [4.78, 5) is 12.8. The van der Waals surface area contributed by atoms with E-state index >= 15 is 0 Å². The number of fused-ring (bicyclic) bond motifs is 1. The van der Waals surface area contributed by atoms with Crippen molar-refractivity contribution < 1.29 is 4.79 Å². The van der Waals surface area contributed by atoms with E-state index in [0.717, 1.165) is 27.0 Å². The number of nitrogens with one attached hydrogen (secondary N) is 1. The van der Waals surface area contributed by atoms with Crippen molar-refractivity contribution >= 4 is 33.1 Å². The van der Waals surface area contributed by atoms with Gasteiger partial charge in [-0.1, -0.05) is 48.5 Å². The van der Waals surface area contributed by atoms with Gasteiger partial charge in [0.05, 0.1) is 10.2 Å². The zero-order valence-corrected chi connectivity index (χ0v) is 14.0. The molecule has 0 radical (unpaired) electrons. The van der Waals surface area contributed by atoms with Gasteiger partial charge < -0.3 is 9.88 Å². The van der Waals surface area contributed by atoms with Crippen LogP contribution in [0.3, 0.4) is 0 Å². The smallest absolute Gasteiger partial charge is 0.272 e. The van der Waals surface area contributed by atoms with Gasteiger partial charge in [0.1, 0.15) is 5.69 Å². The molecule has 0 aliphatic heterocycles. The molecule has 2 aromatic heterocycles. The van der Waals surface area contributed by atoms with Gasteiger partial charge in [0.15, 0.2) is 0 Å². The number of thiophene rings is 1. The first-order valence-electron chi connectivity index (χ1n) is 7.73. The average Bonchev–Trinajstić information content (AvgIpc) is 3.19. The van der Waals surface area contributed by atoms with Crippen LogP contribution in [0.4, 0.5) is 5.69 Å². The van der Waals surface area contributed by atoms with Crippen molar-refractivity contribution in [2.24, 2.45) is 7.05 Å². The fourth-order valence-electron chi connectivity index (χ4n) is 2.92. The van der Waals surface area contributed by atoms with Crippen LogP contribution in [0.2, 0.25) is 0 Å². The molecule has 0 aliphatic rings. The van der Waals surface area contributed by atoms with Crippen LogP contribution in [-0.4, -0.2) is 10.5 Å². The third-order valence-electron chi connectivity index (χ3n) is 4.16. The highest BCUT2D eigenvalue weighted by atomic mass is 32.1. The third-order valence-corrected chi connectivity index (χ3v) is 5.01. The molecule has 0 unspecified atom stereocenters. The van der Waals surface area contributed by atoms with Crippen LogP contribution in [-0.2, 0) is 7.05 Å². The number of hydrogen-bond acceptors (Lipinski definition) is 2. The molecule has 0 saturated heterocycles. The molecule has 4 rings (SSSR count). The lowest BCUT2D eigenvalue weighted by atomic mass is 10.0. The Kier molecular flexibility index (Phi) is 3.67. The first-order chi connectivity index (χ1) is 11.7. The highest BCUT2D eigenvalue weighted by Gasteiger charge is 2.15. The molecule has 4 aromatic rings. The Labute approximate surface area is 144 Å². The lowest BCUT2D eigenvalue weighted by Crippen LogP contribution is -2.16. The normalized spacial score (nSPS) is 10.9. The van der Waals surface area contributed by atoms with Gasteiger partial charge in [0.2, 0.25) is 0 Å². The SMILES string of the molecule is Cn1c(C(=O)Nc2ccccc2-c2ccccc2)cc2sccc21. The summed E-state index contributed by atoms with van der Waals surface area (Å²) in [6.07, 6.45) is 0. The molecule has 0 fully saturated rings. The molecule has 24 heavy (non-hydrogen) atoms. The molecule has 1 amide bonds. The molecule has 0 atom stereocenters. The van der Waals surface area contributed by atoms with Crippen molar-refractivity contribution in [3.8, 4) is 11.1 Å². The predicted octanol–water partition coefficient (Wildman–Crippen LogP) is 5.16. The number of carbonyl (C=O) groups excluding carboxylic acids is 1. The van der Waals surface area contributed by atoms with Gasteiger partial charge in [0.25, 0.3) is 5.91 Å². The third kappa shape index (κ3) is 2.51. The van der Waals surface area contributed by atoms with Crippen molar-refractivity contribution in [1.29, 1.82) is 0 Å². The summed E-state index contributed by atoms with van der Waals surface area (Å²) in [6, 6.07) is 21.9. The van der Waals surface area contributed by atoms with Gasteiger partial charge in [-0.2, -0.15) is 0 Å². The molecule has 2 heterocycles. The van der Waals surface area contributed by atoms with Crippen molar-refractivity contribution in [2.45, 2.75) is 0 Å². The summed E-state index contributed by atoms with van der Waals surface area (Å²) >= 11 is 1.65. The van der Waals surface area contributed by atoms with E-state index in [2.05, 4.69) is 5.32 Å². The number of aryl methyl sites for hydroxylation is 1. The average molecular weight is 332 g/mol. The van der Waals surface area contributed by atoms with Crippen LogP contribution in [0, 0.1) is 0 Å². The molecular weight excluding hydrogens is 316 g/mol. The van der Waals surface area contributed by atoms with Crippen molar-refractivity contribution in [2.75, 3.05) is 5.32 Å². The van der Waals surface area contributed by atoms with Crippen LogP contribution in [0.1, 0.15) is 10.5 Å². The van der Waals surface area contributed by atoms with Crippen molar-refractivity contribution in [1.82, 2.24) is 4.57 Å². The van der Waals surface area contributed by atoms with Gasteiger partial charge in [-0.15, -0.1) is 11.3 Å². The first kappa shape index (κ1) is 14.7. The second-order valence-electron chi connectivity index (χ2n) is 5.62. The molecule has 1 N–H and O–H groups in total. The Morgan fingerprint density at radius 1 is 1.00 bits per heavy atom. The van der Waals surface area contributed by atoms with E-state index in [0.29, 0.717) is 5.69 Å². The van der Waals surface area contributed by atoms with E-state index in [4.69, 9.17) is 0 Å². The number of nitrogens with zero attached hydrogens (tertiary/aromatic N) is 1. The monoisotopic (exact) mass is 332 g/mol. The maximum atomic E-state index is 12.8. The van der Waals surface area contributed by atoms with E-state index in [9.17, 15) is 4.79 Å². The van der Waals surface area contributed by atoms with E-state index in [-0.39, 0.29) is 5.91 Å². The second-order valence-corrected chi connectivity index (χ2v) is 6.57. The highest BCUT2D eigenvalue weighted by Crippen LogP contribution is 2.29. The number of benzene rings is 2. The summed E-state index contributed by atoms with van der Waals surface area (Å²) in [5, 5.41) is 5.10. The Morgan fingerprint density at radius 3 is 2.54 bits per heavy atom. The lowest BCUT2D eigenvalue weighted by Gasteiger charge is -2.12. The van der Waals surface area contributed by atoms with Gasteiger partial charge in [0, 0.05) is 18.3 Å². The zero-order chi connectivity index (χ0) is 16.5. The van der Waals surface area contributed by atoms with Crippen LogP contribution in [0.25, 0.3) is 21.3 Å².